The zero-order valence-corrected chi connectivity index (χ0v) is 14.2. The molecule has 21 heavy (non-hydrogen) atoms. The minimum absolute atomic E-state index is 0.0438. The minimum atomic E-state index is -0.488. The van der Waals surface area contributed by atoms with Gasteiger partial charge in [0.2, 0.25) is 0 Å². The molecule has 0 spiro atoms. The van der Waals surface area contributed by atoms with Crippen molar-refractivity contribution in [2.24, 2.45) is 11.3 Å². The summed E-state index contributed by atoms with van der Waals surface area (Å²) in [6.07, 6.45) is 4.79. The van der Waals surface area contributed by atoms with Gasteiger partial charge >= 0.3 is 5.97 Å². The van der Waals surface area contributed by atoms with E-state index >= 15 is 0 Å². The number of likely N-dealkylation sites (N-methyl/N-ethyl adjacent to an activating group) is 1. The number of likely N-dealkylation sites (tertiary alicyclic amines) is 1. The van der Waals surface area contributed by atoms with E-state index in [4.69, 9.17) is 4.74 Å². The first-order chi connectivity index (χ1) is 9.93. The molecule has 0 amide bonds. The monoisotopic (exact) mass is 296 g/mol. The van der Waals surface area contributed by atoms with Crippen LogP contribution in [-0.4, -0.2) is 49.2 Å². The Bertz CT molecular complexity index is 366. The summed E-state index contributed by atoms with van der Waals surface area (Å²) in [4.78, 5) is 15.1. The van der Waals surface area contributed by atoms with Gasteiger partial charge in [-0.2, -0.15) is 0 Å². The van der Waals surface area contributed by atoms with Crippen LogP contribution in [0.4, 0.5) is 0 Å². The standard InChI is InChI=1S/C17H32N2O2/c1-5-18-17(14-8-9-14,15(20)21-6-2)13-19-11-7-10-16(3,4)12-19/h14,18H,5-13H2,1-4H3. The topological polar surface area (TPSA) is 41.6 Å². The van der Waals surface area contributed by atoms with Crippen molar-refractivity contribution in [2.45, 2.75) is 58.9 Å². The van der Waals surface area contributed by atoms with Crippen LogP contribution in [0.1, 0.15) is 53.4 Å². The second-order valence-electron chi connectivity index (χ2n) is 7.47. The van der Waals surface area contributed by atoms with Crippen molar-refractivity contribution in [1.29, 1.82) is 0 Å². The number of hydrogen-bond donors (Lipinski definition) is 1. The molecule has 0 aromatic heterocycles. The van der Waals surface area contributed by atoms with Crippen LogP contribution in [-0.2, 0) is 9.53 Å². The van der Waals surface area contributed by atoms with E-state index in [-0.39, 0.29) is 5.97 Å². The first kappa shape index (κ1) is 16.8. The van der Waals surface area contributed by atoms with Crippen LogP contribution in [0.15, 0.2) is 0 Å². The van der Waals surface area contributed by atoms with Gasteiger partial charge in [-0.1, -0.05) is 20.8 Å². The summed E-state index contributed by atoms with van der Waals surface area (Å²) in [5.74, 6) is 0.402. The molecule has 2 aliphatic rings. The number of nitrogens with zero attached hydrogens (tertiary/aromatic N) is 1. The van der Waals surface area contributed by atoms with Crippen LogP contribution >= 0.6 is 0 Å². The SMILES string of the molecule is CCNC(CN1CCCC(C)(C)C1)(C(=O)OCC)C1CC1. The van der Waals surface area contributed by atoms with Crippen LogP contribution in [0.5, 0.6) is 0 Å². The van der Waals surface area contributed by atoms with Crippen LogP contribution < -0.4 is 5.32 Å². The third-order valence-corrected chi connectivity index (χ3v) is 4.86. The molecule has 122 valence electrons. The van der Waals surface area contributed by atoms with Crippen molar-refractivity contribution in [3.05, 3.63) is 0 Å². The van der Waals surface area contributed by atoms with E-state index in [1.54, 1.807) is 0 Å². The predicted octanol–water partition coefficient (Wildman–Crippen LogP) is 2.43. The summed E-state index contributed by atoms with van der Waals surface area (Å²) in [6, 6.07) is 0. The molecular weight excluding hydrogens is 264 g/mol. The van der Waals surface area contributed by atoms with E-state index < -0.39 is 5.54 Å². The molecule has 1 saturated heterocycles. The third kappa shape index (κ3) is 3.98. The van der Waals surface area contributed by atoms with Crippen LogP contribution in [0.2, 0.25) is 0 Å². The smallest absolute Gasteiger partial charge is 0.327 e. The van der Waals surface area contributed by atoms with Gasteiger partial charge in [-0.25, -0.2) is 4.79 Å². The van der Waals surface area contributed by atoms with Crippen LogP contribution in [0.3, 0.4) is 0 Å². The summed E-state index contributed by atoms with van der Waals surface area (Å²) < 4.78 is 5.43. The fraction of sp³-hybridized carbons (Fsp3) is 0.941. The molecule has 1 aliphatic heterocycles. The maximum absolute atomic E-state index is 12.7. The maximum atomic E-state index is 12.7. The summed E-state index contributed by atoms with van der Waals surface area (Å²) >= 11 is 0. The quantitative estimate of drug-likeness (QED) is 0.733. The number of carbonyl (C=O) groups is 1. The molecule has 4 heteroatoms. The van der Waals surface area contributed by atoms with Crippen molar-refractivity contribution >= 4 is 5.97 Å². The highest BCUT2D eigenvalue weighted by molar-refractivity contribution is 5.82. The summed E-state index contributed by atoms with van der Waals surface area (Å²) in [5, 5.41) is 3.50. The van der Waals surface area contributed by atoms with Crippen molar-refractivity contribution in [1.82, 2.24) is 10.2 Å². The normalized spacial score (nSPS) is 25.3. The Hall–Kier alpha value is -0.610. The second kappa shape index (κ2) is 6.66. The number of piperidine rings is 1. The summed E-state index contributed by atoms with van der Waals surface area (Å²) in [5.41, 5.74) is -0.132. The lowest BCUT2D eigenvalue weighted by Crippen LogP contribution is -2.62. The van der Waals surface area contributed by atoms with E-state index in [1.807, 2.05) is 6.92 Å². The molecule has 2 rings (SSSR count). The number of carbonyl (C=O) groups excluding carboxylic acids is 1. The average Bonchev–Trinajstić information content (AvgIpc) is 3.21. The molecule has 1 unspecified atom stereocenters. The Labute approximate surface area is 129 Å². The van der Waals surface area contributed by atoms with E-state index in [1.165, 1.54) is 12.8 Å². The molecule has 1 saturated carbocycles. The van der Waals surface area contributed by atoms with Crippen molar-refractivity contribution in [3.63, 3.8) is 0 Å². The van der Waals surface area contributed by atoms with Crippen LogP contribution in [0, 0.1) is 11.3 Å². The lowest BCUT2D eigenvalue weighted by atomic mass is 9.82. The molecular formula is C17H32N2O2. The van der Waals surface area contributed by atoms with E-state index in [0.717, 1.165) is 39.0 Å². The molecule has 2 fully saturated rings. The molecule has 4 nitrogen and oxygen atoms in total. The lowest BCUT2D eigenvalue weighted by Gasteiger charge is -2.43. The molecule has 0 aromatic carbocycles. The molecule has 0 bridgehead atoms. The molecule has 1 heterocycles. The number of ether oxygens (including phenoxy) is 1. The zero-order chi connectivity index (χ0) is 15.5. The number of rotatable bonds is 7. The molecule has 0 aromatic rings. The van der Waals surface area contributed by atoms with Gasteiger partial charge in [0.1, 0.15) is 5.54 Å². The van der Waals surface area contributed by atoms with Crippen LogP contribution in [0.25, 0.3) is 0 Å². The largest absolute Gasteiger partial charge is 0.465 e. The molecule has 1 N–H and O–H groups in total. The van der Waals surface area contributed by atoms with E-state index in [2.05, 4.69) is 31.0 Å². The maximum Gasteiger partial charge on any atom is 0.327 e. The highest BCUT2D eigenvalue weighted by Crippen LogP contribution is 2.42. The summed E-state index contributed by atoms with van der Waals surface area (Å²) in [6.45, 7) is 12.9. The van der Waals surface area contributed by atoms with Gasteiger partial charge in [-0.15, -0.1) is 0 Å². The number of esters is 1. The Morgan fingerprint density at radius 1 is 1.38 bits per heavy atom. The first-order valence-electron chi connectivity index (χ1n) is 8.58. The minimum Gasteiger partial charge on any atom is -0.465 e. The number of hydrogen-bond acceptors (Lipinski definition) is 4. The first-order valence-corrected chi connectivity index (χ1v) is 8.58. The van der Waals surface area contributed by atoms with Crippen molar-refractivity contribution in [3.8, 4) is 0 Å². The predicted molar refractivity (Wildman–Crippen MR) is 85.2 cm³/mol. The zero-order valence-electron chi connectivity index (χ0n) is 14.2. The summed E-state index contributed by atoms with van der Waals surface area (Å²) in [7, 11) is 0. The van der Waals surface area contributed by atoms with Gasteiger partial charge in [-0.05, 0) is 57.0 Å². The second-order valence-corrected chi connectivity index (χ2v) is 7.47. The fourth-order valence-electron chi connectivity index (χ4n) is 3.82. The van der Waals surface area contributed by atoms with Crippen molar-refractivity contribution < 1.29 is 9.53 Å². The van der Waals surface area contributed by atoms with Crippen molar-refractivity contribution in [2.75, 3.05) is 32.8 Å². The average molecular weight is 296 g/mol. The third-order valence-electron chi connectivity index (χ3n) is 4.86. The van der Waals surface area contributed by atoms with Gasteiger partial charge in [0, 0.05) is 13.1 Å². The molecule has 1 aliphatic carbocycles. The lowest BCUT2D eigenvalue weighted by molar-refractivity contribution is -0.154. The number of nitrogens with one attached hydrogen (secondary N) is 1. The van der Waals surface area contributed by atoms with Gasteiger partial charge in [0.25, 0.3) is 0 Å². The fourth-order valence-corrected chi connectivity index (χ4v) is 3.82. The van der Waals surface area contributed by atoms with E-state index in [9.17, 15) is 4.79 Å². The Morgan fingerprint density at radius 2 is 2.10 bits per heavy atom. The molecule has 1 atom stereocenters. The Morgan fingerprint density at radius 3 is 2.62 bits per heavy atom. The molecule has 0 radical (unpaired) electrons. The van der Waals surface area contributed by atoms with Gasteiger partial charge in [0.05, 0.1) is 6.61 Å². The highest BCUT2D eigenvalue weighted by atomic mass is 16.5. The Kier molecular flexibility index (Phi) is 5.31. The van der Waals surface area contributed by atoms with Gasteiger partial charge in [0.15, 0.2) is 0 Å². The highest BCUT2D eigenvalue weighted by Gasteiger charge is 2.52. The Balaban J connectivity index is 2.12. The van der Waals surface area contributed by atoms with E-state index in [0.29, 0.717) is 17.9 Å². The van der Waals surface area contributed by atoms with Gasteiger partial charge in [-0.3, -0.25) is 0 Å². The van der Waals surface area contributed by atoms with Gasteiger partial charge < -0.3 is 15.0 Å².